The van der Waals surface area contributed by atoms with Gasteiger partial charge in [0.2, 0.25) is 11.8 Å². The average Bonchev–Trinajstić information content (AvgIpc) is 2.75. The molecule has 0 aliphatic carbocycles. The Bertz CT molecular complexity index is 935. The van der Waals surface area contributed by atoms with Crippen LogP contribution in [-0.4, -0.2) is 49.6 Å². The van der Waals surface area contributed by atoms with E-state index < -0.39 is 5.54 Å². The number of anilines is 2. The minimum absolute atomic E-state index is 0.0167. The number of hydrogen-bond donors (Lipinski definition) is 2. The monoisotopic (exact) mass is 395 g/mol. The Kier molecular flexibility index (Phi) is 5.05. The van der Waals surface area contributed by atoms with Gasteiger partial charge in [0.25, 0.3) is 0 Å². The summed E-state index contributed by atoms with van der Waals surface area (Å²) < 4.78 is 10.6. The number of carbonyl (C=O) groups is 2. The second-order valence-electron chi connectivity index (χ2n) is 7.44. The first-order chi connectivity index (χ1) is 14.0. The topological polar surface area (TPSA) is 79.9 Å². The summed E-state index contributed by atoms with van der Waals surface area (Å²) in [6.07, 6.45) is 1.36. The van der Waals surface area contributed by atoms with Crippen LogP contribution >= 0.6 is 0 Å². The molecule has 0 atom stereocenters. The Labute approximate surface area is 170 Å². The van der Waals surface area contributed by atoms with Gasteiger partial charge < -0.3 is 25.0 Å². The van der Waals surface area contributed by atoms with E-state index in [1.54, 1.807) is 20.3 Å². The first-order valence-electron chi connectivity index (χ1n) is 9.72. The van der Waals surface area contributed by atoms with Crippen molar-refractivity contribution < 1.29 is 19.1 Å². The highest BCUT2D eigenvalue weighted by atomic mass is 16.5. The molecule has 4 rings (SSSR count). The van der Waals surface area contributed by atoms with Gasteiger partial charge in [-0.25, -0.2) is 0 Å². The second kappa shape index (κ2) is 7.66. The lowest BCUT2D eigenvalue weighted by Crippen LogP contribution is -2.59. The van der Waals surface area contributed by atoms with Crippen molar-refractivity contribution in [3.63, 3.8) is 0 Å². The van der Waals surface area contributed by atoms with E-state index >= 15 is 0 Å². The van der Waals surface area contributed by atoms with E-state index in [4.69, 9.17) is 9.47 Å². The summed E-state index contributed by atoms with van der Waals surface area (Å²) in [5, 5.41) is 6.41. The maximum absolute atomic E-state index is 12.9. The first-order valence-corrected chi connectivity index (χ1v) is 9.72. The van der Waals surface area contributed by atoms with Gasteiger partial charge in [-0.2, -0.15) is 0 Å². The summed E-state index contributed by atoms with van der Waals surface area (Å²) in [7, 11) is 3.18. The van der Waals surface area contributed by atoms with Crippen LogP contribution < -0.4 is 20.1 Å². The molecule has 1 spiro atoms. The molecule has 2 aromatic carbocycles. The lowest BCUT2D eigenvalue weighted by Gasteiger charge is -2.44. The van der Waals surface area contributed by atoms with E-state index in [1.165, 1.54) is 0 Å². The Morgan fingerprint density at radius 1 is 1.07 bits per heavy atom. The van der Waals surface area contributed by atoms with Crippen molar-refractivity contribution in [2.75, 3.05) is 37.9 Å². The van der Waals surface area contributed by atoms with E-state index in [9.17, 15) is 9.59 Å². The van der Waals surface area contributed by atoms with Crippen LogP contribution in [0.5, 0.6) is 11.5 Å². The molecule has 0 unspecified atom stereocenters. The van der Waals surface area contributed by atoms with Gasteiger partial charge in [0.05, 0.1) is 32.0 Å². The van der Waals surface area contributed by atoms with Crippen molar-refractivity contribution in [2.45, 2.75) is 24.8 Å². The largest absolute Gasteiger partial charge is 0.497 e. The molecule has 2 aromatic rings. The SMILES string of the molecule is COc1ccc(OC)c(CC(=O)N2CCC3(CC2)Nc2ccccc2NC3=O)c1. The summed E-state index contributed by atoms with van der Waals surface area (Å²) in [6, 6.07) is 13.1. The van der Waals surface area contributed by atoms with Crippen molar-refractivity contribution in [1.82, 2.24) is 4.90 Å². The third-order valence-electron chi connectivity index (χ3n) is 5.78. The number of fused-ring (bicyclic) bond motifs is 1. The van der Waals surface area contributed by atoms with E-state index in [0.29, 0.717) is 37.4 Å². The van der Waals surface area contributed by atoms with E-state index in [2.05, 4.69) is 10.6 Å². The average molecular weight is 395 g/mol. The summed E-state index contributed by atoms with van der Waals surface area (Å²) in [4.78, 5) is 27.5. The molecule has 2 aliphatic rings. The number of nitrogens with one attached hydrogen (secondary N) is 2. The van der Waals surface area contributed by atoms with Gasteiger partial charge in [0.15, 0.2) is 0 Å². The number of rotatable bonds is 4. The summed E-state index contributed by atoms with van der Waals surface area (Å²) in [6.45, 7) is 1.04. The van der Waals surface area contributed by atoms with Crippen molar-refractivity contribution in [1.29, 1.82) is 0 Å². The molecule has 29 heavy (non-hydrogen) atoms. The van der Waals surface area contributed by atoms with Crippen LogP contribution in [-0.2, 0) is 16.0 Å². The molecule has 2 heterocycles. The summed E-state index contributed by atoms with van der Waals surface area (Å²) >= 11 is 0. The van der Waals surface area contributed by atoms with E-state index in [1.807, 2.05) is 41.3 Å². The predicted molar refractivity (Wildman–Crippen MR) is 110 cm³/mol. The predicted octanol–water partition coefficient (Wildman–Crippen LogP) is 2.67. The Hall–Kier alpha value is -3.22. The molecule has 0 radical (unpaired) electrons. The van der Waals surface area contributed by atoms with Crippen molar-refractivity contribution in [3.8, 4) is 11.5 Å². The van der Waals surface area contributed by atoms with Crippen LogP contribution in [0.4, 0.5) is 11.4 Å². The van der Waals surface area contributed by atoms with Crippen molar-refractivity contribution in [2.24, 2.45) is 0 Å². The molecule has 152 valence electrons. The summed E-state index contributed by atoms with van der Waals surface area (Å²) in [5.74, 6) is 1.34. The van der Waals surface area contributed by atoms with Gasteiger partial charge in [0, 0.05) is 18.7 Å². The lowest BCUT2D eigenvalue weighted by atomic mass is 9.84. The fourth-order valence-electron chi connectivity index (χ4n) is 4.04. The molecule has 1 saturated heterocycles. The molecular weight excluding hydrogens is 370 g/mol. The molecular formula is C22H25N3O4. The smallest absolute Gasteiger partial charge is 0.250 e. The maximum atomic E-state index is 12.9. The highest BCUT2D eigenvalue weighted by Gasteiger charge is 2.44. The molecule has 0 saturated carbocycles. The second-order valence-corrected chi connectivity index (χ2v) is 7.44. The number of piperidine rings is 1. The van der Waals surface area contributed by atoms with E-state index in [-0.39, 0.29) is 18.2 Å². The molecule has 2 N–H and O–H groups in total. The lowest BCUT2D eigenvalue weighted by molar-refractivity contribution is -0.134. The highest BCUT2D eigenvalue weighted by Crippen LogP contribution is 2.36. The number of likely N-dealkylation sites (tertiary alicyclic amines) is 1. The molecule has 7 nitrogen and oxygen atoms in total. The number of methoxy groups -OCH3 is 2. The molecule has 2 aliphatic heterocycles. The normalized spacial score (nSPS) is 17.2. The zero-order valence-corrected chi connectivity index (χ0v) is 16.7. The first kappa shape index (κ1) is 19.1. The third-order valence-corrected chi connectivity index (χ3v) is 5.78. The number of para-hydroxylation sites is 2. The Balaban J connectivity index is 1.44. The van der Waals surface area contributed by atoms with Crippen LogP contribution in [0.3, 0.4) is 0 Å². The number of amides is 2. The van der Waals surface area contributed by atoms with Crippen LogP contribution in [0.25, 0.3) is 0 Å². The Morgan fingerprint density at radius 2 is 1.79 bits per heavy atom. The minimum Gasteiger partial charge on any atom is -0.497 e. The molecule has 0 aromatic heterocycles. The fraction of sp³-hybridized carbons (Fsp3) is 0.364. The molecule has 0 bridgehead atoms. The number of benzene rings is 2. The van der Waals surface area contributed by atoms with Crippen LogP contribution in [0.2, 0.25) is 0 Å². The fourth-order valence-corrected chi connectivity index (χ4v) is 4.04. The van der Waals surface area contributed by atoms with Crippen LogP contribution in [0.1, 0.15) is 18.4 Å². The zero-order valence-electron chi connectivity index (χ0n) is 16.7. The number of ether oxygens (including phenoxy) is 2. The van der Waals surface area contributed by atoms with Crippen molar-refractivity contribution in [3.05, 3.63) is 48.0 Å². The van der Waals surface area contributed by atoms with Gasteiger partial charge in [-0.3, -0.25) is 9.59 Å². The van der Waals surface area contributed by atoms with E-state index in [0.717, 1.165) is 16.9 Å². The minimum atomic E-state index is -0.668. The van der Waals surface area contributed by atoms with Crippen LogP contribution in [0, 0.1) is 0 Å². The zero-order chi connectivity index (χ0) is 20.4. The quantitative estimate of drug-likeness (QED) is 0.832. The standard InChI is InChI=1S/C22H25N3O4/c1-28-16-7-8-19(29-2)15(13-16)14-20(26)25-11-9-22(10-12-25)21(27)23-17-5-3-4-6-18(17)24-22/h3-8,13,24H,9-12,14H2,1-2H3,(H,23,27). The maximum Gasteiger partial charge on any atom is 0.250 e. The Morgan fingerprint density at radius 3 is 2.48 bits per heavy atom. The molecule has 2 amide bonds. The number of hydrogen-bond acceptors (Lipinski definition) is 5. The molecule has 7 heteroatoms. The van der Waals surface area contributed by atoms with Crippen LogP contribution in [0.15, 0.2) is 42.5 Å². The number of nitrogens with zero attached hydrogens (tertiary/aromatic N) is 1. The number of carbonyl (C=O) groups excluding carboxylic acids is 2. The van der Waals surface area contributed by atoms with Gasteiger partial charge in [-0.15, -0.1) is 0 Å². The van der Waals surface area contributed by atoms with Gasteiger partial charge in [0.1, 0.15) is 17.0 Å². The third kappa shape index (κ3) is 3.60. The highest BCUT2D eigenvalue weighted by molar-refractivity contribution is 6.06. The summed E-state index contributed by atoms with van der Waals surface area (Å²) in [5.41, 5.74) is 1.85. The van der Waals surface area contributed by atoms with Crippen molar-refractivity contribution >= 4 is 23.2 Å². The van der Waals surface area contributed by atoms with Gasteiger partial charge in [-0.05, 0) is 43.2 Å². The van der Waals surface area contributed by atoms with Gasteiger partial charge >= 0.3 is 0 Å². The van der Waals surface area contributed by atoms with Gasteiger partial charge in [-0.1, -0.05) is 12.1 Å². The molecule has 1 fully saturated rings.